The summed E-state index contributed by atoms with van der Waals surface area (Å²) >= 11 is 15.6. The quantitative estimate of drug-likeness (QED) is 0.0876. The number of thioether (sulfide) groups is 2. The van der Waals surface area contributed by atoms with E-state index in [9.17, 15) is 19.2 Å². The van der Waals surface area contributed by atoms with E-state index < -0.39 is 11.9 Å². The summed E-state index contributed by atoms with van der Waals surface area (Å²) in [7, 11) is 3.26. The first-order chi connectivity index (χ1) is 23.9. The van der Waals surface area contributed by atoms with E-state index in [1.54, 1.807) is 38.4 Å². The van der Waals surface area contributed by atoms with Crippen LogP contribution in [0.3, 0.4) is 0 Å². The highest BCUT2D eigenvalue weighted by atomic mass is 32.2. The second-order valence-electron chi connectivity index (χ2n) is 12.3. The number of amides is 2. The van der Waals surface area contributed by atoms with Crippen molar-refractivity contribution in [2.75, 3.05) is 27.3 Å². The van der Waals surface area contributed by atoms with Crippen molar-refractivity contribution in [3.63, 3.8) is 0 Å². The number of likely N-dealkylation sites (N-methyl/N-ethyl adjacent to an activating group) is 2. The maximum absolute atomic E-state index is 13.9. The van der Waals surface area contributed by atoms with E-state index in [4.69, 9.17) is 33.9 Å². The summed E-state index contributed by atoms with van der Waals surface area (Å²) in [4.78, 5) is 59.5. The van der Waals surface area contributed by atoms with Crippen molar-refractivity contribution in [1.29, 1.82) is 0 Å². The molecule has 2 aliphatic rings. The molecule has 8 nitrogen and oxygen atoms in total. The number of unbranched alkanes of at least 4 members (excludes halogenated alkanes) is 2. The molecule has 4 rings (SSSR count). The lowest BCUT2D eigenvalue weighted by molar-refractivity contribution is -0.122. The number of hydrogen-bond acceptors (Lipinski definition) is 12. The van der Waals surface area contributed by atoms with Crippen LogP contribution in [0.1, 0.15) is 110 Å². The standard InChI is InChI=1S/C36H44N2O6S6/c1-7-11-13-21(9-3)19-43-33(41)25-15-23(17-27-31(39)37(5)35(45)49-27)47-29(25)30-26(34(42)44-20-22(10-4)14-12-8-2)16-24(48-30)18-28-32(40)38(6)36(46)50-28/h15-18,21-22H,7-14,19-20H2,1-6H3/b27-17-,28-18-. The van der Waals surface area contributed by atoms with Gasteiger partial charge in [0.1, 0.15) is 8.64 Å². The number of rotatable bonds is 17. The predicted molar refractivity (Wildman–Crippen MR) is 217 cm³/mol. The molecule has 2 atom stereocenters. The molecule has 2 aromatic rings. The molecule has 270 valence electrons. The summed E-state index contributed by atoms with van der Waals surface area (Å²) in [6.45, 7) is 9.03. The fourth-order valence-electron chi connectivity index (χ4n) is 5.29. The number of thiocarbonyl (C=S) groups is 2. The Morgan fingerprint density at radius 2 is 1.10 bits per heavy atom. The Morgan fingerprint density at radius 3 is 1.40 bits per heavy atom. The number of carbonyl (C=O) groups is 4. The third-order valence-corrected chi connectivity index (χ3v) is 14.0. The Balaban J connectivity index is 1.79. The molecule has 50 heavy (non-hydrogen) atoms. The van der Waals surface area contributed by atoms with Gasteiger partial charge in [-0.25, -0.2) is 9.59 Å². The Kier molecular flexibility index (Phi) is 15.3. The number of thiophene rings is 2. The summed E-state index contributed by atoms with van der Waals surface area (Å²) in [5.41, 5.74) is 0.602. The van der Waals surface area contributed by atoms with Crippen molar-refractivity contribution in [3.05, 3.63) is 42.8 Å². The van der Waals surface area contributed by atoms with Crippen molar-refractivity contribution in [3.8, 4) is 9.75 Å². The van der Waals surface area contributed by atoms with E-state index in [-0.39, 0.29) is 36.9 Å². The molecule has 0 aromatic carbocycles. The molecule has 0 bridgehead atoms. The molecule has 0 aliphatic carbocycles. The van der Waals surface area contributed by atoms with Crippen molar-refractivity contribution < 1.29 is 28.7 Å². The lowest BCUT2D eigenvalue weighted by atomic mass is 10.0. The Hall–Kier alpha value is -2.36. The zero-order valence-electron chi connectivity index (χ0n) is 29.3. The van der Waals surface area contributed by atoms with E-state index in [0.29, 0.717) is 49.1 Å². The third-order valence-electron chi connectivity index (χ3n) is 8.65. The van der Waals surface area contributed by atoms with Crippen LogP contribution in [-0.2, 0) is 19.1 Å². The Morgan fingerprint density at radius 1 is 0.720 bits per heavy atom. The highest BCUT2D eigenvalue weighted by Crippen LogP contribution is 2.44. The van der Waals surface area contributed by atoms with Crippen LogP contribution < -0.4 is 0 Å². The van der Waals surface area contributed by atoms with Crippen LogP contribution in [0, 0.1) is 11.8 Å². The molecule has 2 amide bonds. The minimum Gasteiger partial charge on any atom is -0.462 e. The maximum Gasteiger partial charge on any atom is 0.339 e. The van der Waals surface area contributed by atoms with Gasteiger partial charge in [-0.3, -0.25) is 19.4 Å². The van der Waals surface area contributed by atoms with Gasteiger partial charge in [-0.05, 0) is 49.0 Å². The van der Waals surface area contributed by atoms with Crippen LogP contribution in [0.2, 0.25) is 0 Å². The fraction of sp³-hybridized carbons (Fsp3) is 0.500. The molecule has 2 saturated heterocycles. The van der Waals surface area contributed by atoms with Crippen molar-refractivity contribution >= 4 is 115 Å². The lowest BCUT2D eigenvalue weighted by Gasteiger charge is -2.15. The second-order valence-corrected chi connectivity index (χ2v) is 17.8. The number of nitrogens with zero attached hydrogens (tertiary/aromatic N) is 2. The molecule has 0 radical (unpaired) electrons. The van der Waals surface area contributed by atoms with Gasteiger partial charge in [0.05, 0.1) is 43.9 Å². The van der Waals surface area contributed by atoms with Crippen molar-refractivity contribution in [2.45, 2.75) is 79.1 Å². The van der Waals surface area contributed by atoms with E-state index >= 15 is 0 Å². The molecular weight excluding hydrogens is 749 g/mol. The molecule has 2 aromatic heterocycles. The normalized spacial score (nSPS) is 17.8. The van der Waals surface area contributed by atoms with E-state index in [1.165, 1.54) is 56.0 Å². The van der Waals surface area contributed by atoms with Crippen molar-refractivity contribution in [1.82, 2.24) is 9.80 Å². The van der Waals surface area contributed by atoms with Crippen molar-refractivity contribution in [2.24, 2.45) is 11.8 Å². The van der Waals surface area contributed by atoms with Gasteiger partial charge in [0.2, 0.25) is 0 Å². The second kappa shape index (κ2) is 18.9. The number of esters is 2. The summed E-state index contributed by atoms with van der Waals surface area (Å²) in [5, 5.41) is 0. The molecule has 2 unspecified atom stereocenters. The third kappa shape index (κ3) is 9.94. The Labute approximate surface area is 322 Å². The number of carbonyl (C=O) groups excluding carboxylic acids is 4. The first kappa shape index (κ1) is 40.4. The molecule has 4 heterocycles. The SMILES string of the molecule is CCCCC(CC)COC(=O)c1cc(/C=C2\SC(=S)N(C)C2=O)sc1-c1sc(/C=C2\SC(=S)N(C)C2=O)cc1C(=O)OCC(CC)CCCC. The van der Waals surface area contributed by atoms with Crippen LogP contribution in [0.25, 0.3) is 21.9 Å². The zero-order chi connectivity index (χ0) is 36.5. The highest BCUT2D eigenvalue weighted by molar-refractivity contribution is 8.27. The summed E-state index contributed by atoms with van der Waals surface area (Å²) in [6.07, 6.45) is 11.4. The summed E-state index contributed by atoms with van der Waals surface area (Å²) in [6, 6.07) is 3.43. The first-order valence-electron chi connectivity index (χ1n) is 17.0. The van der Waals surface area contributed by atoms with Crippen LogP contribution >= 0.6 is 70.6 Å². The van der Waals surface area contributed by atoms with Gasteiger partial charge in [0.15, 0.2) is 0 Å². The molecular formula is C36H44N2O6S6. The van der Waals surface area contributed by atoms with E-state index in [2.05, 4.69) is 27.7 Å². The molecule has 2 aliphatic heterocycles. The average molecular weight is 793 g/mol. The molecule has 0 saturated carbocycles. The summed E-state index contributed by atoms with van der Waals surface area (Å²) < 4.78 is 12.7. The topological polar surface area (TPSA) is 93.2 Å². The maximum atomic E-state index is 13.9. The Bertz CT molecular complexity index is 1570. The minimum atomic E-state index is -0.499. The number of hydrogen-bond donors (Lipinski definition) is 0. The van der Waals surface area contributed by atoms with E-state index in [0.717, 1.165) is 51.4 Å². The van der Waals surface area contributed by atoms with Crippen LogP contribution in [0.5, 0.6) is 0 Å². The van der Waals surface area contributed by atoms with E-state index in [1.807, 2.05) is 0 Å². The van der Waals surface area contributed by atoms with Crippen LogP contribution in [0.15, 0.2) is 21.9 Å². The highest BCUT2D eigenvalue weighted by Gasteiger charge is 2.32. The minimum absolute atomic E-state index is 0.217. The smallest absolute Gasteiger partial charge is 0.339 e. The average Bonchev–Trinajstić information content (AvgIpc) is 3.84. The summed E-state index contributed by atoms with van der Waals surface area (Å²) in [5.74, 6) is -0.958. The fourth-order valence-corrected chi connectivity index (χ4v) is 10.1. The number of ether oxygens (including phenoxy) is 2. The zero-order valence-corrected chi connectivity index (χ0v) is 34.2. The molecule has 2 fully saturated rings. The molecule has 14 heteroatoms. The van der Waals surface area contributed by atoms with Gasteiger partial charge >= 0.3 is 11.9 Å². The van der Waals surface area contributed by atoms with Gasteiger partial charge in [0.25, 0.3) is 11.8 Å². The molecule has 0 spiro atoms. The first-order valence-corrected chi connectivity index (χ1v) is 21.1. The molecule has 0 N–H and O–H groups in total. The van der Waals surface area contributed by atoms with Crippen LogP contribution in [-0.4, -0.2) is 69.5 Å². The monoisotopic (exact) mass is 792 g/mol. The predicted octanol–water partition coefficient (Wildman–Crippen LogP) is 9.88. The largest absolute Gasteiger partial charge is 0.462 e. The van der Waals surface area contributed by atoms with Gasteiger partial charge in [-0.1, -0.05) is 114 Å². The lowest BCUT2D eigenvalue weighted by Crippen LogP contribution is -2.22. The van der Waals surface area contributed by atoms with Gasteiger partial charge < -0.3 is 9.47 Å². The van der Waals surface area contributed by atoms with Gasteiger partial charge in [-0.15, -0.1) is 22.7 Å². The van der Waals surface area contributed by atoms with Gasteiger partial charge in [-0.2, -0.15) is 0 Å². The van der Waals surface area contributed by atoms with Gasteiger partial charge in [0, 0.05) is 23.8 Å². The van der Waals surface area contributed by atoms with Crippen LogP contribution in [0.4, 0.5) is 0 Å².